The first-order chi connectivity index (χ1) is 7.29. The molecular formula is C9H16N4O2. The van der Waals surface area contributed by atoms with E-state index in [4.69, 9.17) is 10.3 Å². The second-order valence-electron chi connectivity index (χ2n) is 3.58. The smallest absolute Gasteiger partial charge is 0.228 e. The van der Waals surface area contributed by atoms with E-state index in [2.05, 4.69) is 10.0 Å². The van der Waals surface area contributed by atoms with Crippen molar-refractivity contribution in [3.05, 3.63) is 10.4 Å². The van der Waals surface area contributed by atoms with Crippen LogP contribution in [0.2, 0.25) is 0 Å². The van der Waals surface area contributed by atoms with Crippen molar-refractivity contribution >= 4 is 5.91 Å². The second-order valence-corrected chi connectivity index (χ2v) is 3.58. The maximum absolute atomic E-state index is 11.6. The predicted molar refractivity (Wildman–Crippen MR) is 55.2 cm³/mol. The molecule has 15 heavy (non-hydrogen) atoms. The summed E-state index contributed by atoms with van der Waals surface area (Å²) in [4.78, 5) is 16.0. The Morgan fingerprint density at radius 1 is 1.67 bits per heavy atom. The summed E-state index contributed by atoms with van der Waals surface area (Å²) in [5.41, 5.74) is 8.15. The van der Waals surface area contributed by atoms with Gasteiger partial charge in [-0.15, -0.1) is 0 Å². The lowest BCUT2D eigenvalue weighted by molar-refractivity contribution is -0.134. The number of likely N-dealkylation sites (tertiary alicyclic amines) is 1. The maximum Gasteiger partial charge on any atom is 0.228 e. The quantitative estimate of drug-likeness (QED) is 0.400. The molecule has 1 heterocycles. The van der Waals surface area contributed by atoms with Crippen LogP contribution in [0.1, 0.15) is 19.3 Å². The molecule has 0 saturated carbocycles. The number of methoxy groups -OCH3 is 1. The van der Waals surface area contributed by atoms with Gasteiger partial charge >= 0.3 is 0 Å². The number of azide groups is 1. The lowest BCUT2D eigenvalue weighted by Crippen LogP contribution is -2.46. The Balaban J connectivity index is 2.54. The lowest BCUT2D eigenvalue weighted by atomic mass is 10.0. The first-order valence-electron chi connectivity index (χ1n) is 5.09. The number of hydrogen-bond acceptors (Lipinski definition) is 3. The molecule has 0 radical (unpaired) electrons. The fourth-order valence-electron chi connectivity index (χ4n) is 1.88. The van der Waals surface area contributed by atoms with Gasteiger partial charge in [-0.05, 0) is 24.8 Å². The largest absolute Gasteiger partial charge is 0.383 e. The summed E-state index contributed by atoms with van der Waals surface area (Å²) in [6, 6.07) is 0.144. The van der Waals surface area contributed by atoms with E-state index in [0.29, 0.717) is 6.61 Å². The molecule has 0 aliphatic carbocycles. The number of carbonyl (C=O) groups is 1. The number of nitrogens with zero attached hydrogens (tertiary/aromatic N) is 4. The van der Waals surface area contributed by atoms with Crippen molar-refractivity contribution in [3.63, 3.8) is 0 Å². The van der Waals surface area contributed by atoms with Gasteiger partial charge in [-0.25, -0.2) is 0 Å². The zero-order valence-corrected chi connectivity index (χ0v) is 8.93. The van der Waals surface area contributed by atoms with Crippen LogP contribution in [0.4, 0.5) is 0 Å². The predicted octanol–water partition coefficient (Wildman–Crippen LogP) is 1.32. The molecule has 1 rings (SSSR count). The van der Waals surface area contributed by atoms with Gasteiger partial charge in [-0.1, -0.05) is 5.11 Å². The van der Waals surface area contributed by atoms with Crippen LogP contribution in [0, 0.1) is 0 Å². The van der Waals surface area contributed by atoms with Crippen molar-refractivity contribution in [3.8, 4) is 0 Å². The number of amides is 1. The number of rotatable bonds is 4. The topological polar surface area (TPSA) is 78.3 Å². The van der Waals surface area contributed by atoms with E-state index in [0.717, 1.165) is 25.8 Å². The molecule has 1 aliphatic heterocycles. The van der Waals surface area contributed by atoms with Gasteiger partial charge in [0.25, 0.3) is 0 Å². The normalized spacial score (nSPS) is 20.9. The first-order valence-corrected chi connectivity index (χ1v) is 5.09. The molecule has 1 atom stereocenters. The van der Waals surface area contributed by atoms with E-state index >= 15 is 0 Å². The van der Waals surface area contributed by atoms with E-state index < -0.39 is 0 Å². The Kier molecular flexibility index (Phi) is 4.93. The van der Waals surface area contributed by atoms with Crippen molar-refractivity contribution < 1.29 is 9.53 Å². The molecule has 0 aromatic heterocycles. The highest BCUT2D eigenvalue weighted by Gasteiger charge is 2.25. The van der Waals surface area contributed by atoms with Crippen LogP contribution in [0.5, 0.6) is 0 Å². The molecule has 6 heteroatoms. The molecule has 6 nitrogen and oxygen atoms in total. The average molecular weight is 212 g/mol. The molecule has 0 aromatic rings. The molecule has 0 unspecified atom stereocenters. The Hall–Kier alpha value is -1.26. The molecule has 1 saturated heterocycles. The minimum absolute atomic E-state index is 0.0866. The number of piperidine rings is 1. The third-order valence-electron chi connectivity index (χ3n) is 2.58. The first kappa shape index (κ1) is 11.8. The van der Waals surface area contributed by atoms with Crippen molar-refractivity contribution in [2.75, 3.05) is 26.8 Å². The van der Waals surface area contributed by atoms with Crippen LogP contribution in [-0.4, -0.2) is 43.7 Å². The van der Waals surface area contributed by atoms with Crippen LogP contribution in [0.3, 0.4) is 0 Å². The number of ether oxygens (including phenoxy) is 1. The number of hydrogen-bond donors (Lipinski definition) is 0. The van der Waals surface area contributed by atoms with E-state index in [1.807, 2.05) is 0 Å². The van der Waals surface area contributed by atoms with Crippen molar-refractivity contribution in [1.29, 1.82) is 0 Å². The summed E-state index contributed by atoms with van der Waals surface area (Å²) >= 11 is 0. The molecular weight excluding hydrogens is 196 g/mol. The Bertz CT molecular complexity index is 261. The third kappa shape index (κ3) is 3.42. The highest BCUT2D eigenvalue weighted by molar-refractivity contribution is 5.78. The Morgan fingerprint density at radius 3 is 3.13 bits per heavy atom. The Morgan fingerprint density at radius 2 is 2.47 bits per heavy atom. The monoisotopic (exact) mass is 212 g/mol. The van der Waals surface area contributed by atoms with Crippen LogP contribution >= 0.6 is 0 Å². The molecule has 84 valence electrons. The lowest BCUT2D eigenvalue weighted by Gasteiger charge is -2.35. The van der Waals surface area contributed by atoms with E-state index in [1.54, 1.807) is 12.0 Å². The minimum Gasteiger partial charge on any atom is -0.383 e. The summed E-state index contributed by atoms with van der Waals surface area (Å²) in [6.07, 6.45) is 3.11. The molecule has 1 aliphatic rings. The molecule has 0 bridgehead atoms. The molecule has 1 amide bonds. The zero-order chi connectivity index (χ0) is 11.1. The maximum atomic E-state index is 11.6. The van der Waals surface area contributed by atoms with Gasteiger partial charge in [0.1, 0.15) is 6.54 Å². The van der Waals surface area contributed by atoms with Crippen molar-refractivity contribution in [2.45, 2.75) is 25.3 Å². The minimum atomic E-state index is -0.102. The van der Waals surface area contributed by atoms with Gasteiger partial charge in [0.2, 0.25) is 5.91 Å². The SMILES string of the molecule is COC[C@@H]1CCCCN1C(=O)CN=[N+]=[N-]. The highest BCUT2D eigenvalue weighted by atomic mass is 16.5. The fourth-order valence-corrected chi connectivity index (χ4v) is 1.88. The van der Waals surface area contributed by atoms with Gasteiger partial charge < -0.3 is 9.64 Å². The summed E-state index contributed by atoms with van der Waals surface area (Å²) in [5.74, 6) is -0.102. The van der Waals surface area contributed by atoms with Gasteiger partial charge in [0, 0.05) is 18.6 Å². The van der Waals surface area contributed by atoms with Crippen molar-refractivity contribution in [1.82, 2.24) is 4.90 Å². The van der Waals surface area contributed by atoms with Crippen LogP contribution < -0.4 is 0 Å². The van der Waals surface area contributed by atoms with E-state index in [1.165, 1.54) is 0 Å². The van der Waals surface area contributed by atoms with Gasteiger partial charge in [-0.3, -0.25) is 4.79 Å². The average Bonchev–Trinajstić information content (AvgIpc) is 2.27. The molecule has 1 fully saturated rings. The molecule has 0 N–H and O–H groups in total. The standard InChI is InChI=1S/C9H16N4O2/c1-15-7-8-4-2-3-5-13(8)9(14)6-11-12-10/h8H,2-7H2,1H3/t8-/m0/s1. The molecule has 0 aromatic carbocycles. The summed E-state index contributed by atoms with van der Waals surface area (Å²) in [5, 5.41) is 3.29. The summed E-state index contributed by atoms with van der Waals surface area (Å²) < 4.78 is 5.07. The Labute approximate surface area is 88.8 Å². The molecule has 0 spiro atoms. The second kappa shape index (κ2) is 6.27. The van der Waals surface area contributed by atoms with Crippen molar-refractivity contribution in [2.24, 2.45) is 5.11 Å². The zero-order valence-electron chi connectivity index (χ0n) is 8.93. The van der Waals surface area contributed by atoms with Gasteiger partial charge in [0.15, 0.2) is 0 Å². The summed E-state index contributed by atoms with van der Waals surface area (Å²) in [6.45, 7) is 1.21. The van der Waals surface area contributed by atoms with Crippen LogP contribution in [0.25, 0.3) is 10.4 Å². The summed E-state index contributed by atoms with van der Waals surface area (Å²) in [7, 11) is 1.63. The van der Waals surface area contributed by atoms with Gasteiger partial charge in [-0.2, -0.15) is 0 Å². The number of carbonyl (C=O) groups excluding carboxylic acids is 1. The highest BCUT2D eigenvalue weighted by Crippen LogP contribution is 2.17. The van der Waals surface area contributed by atoms with Crippen LogP contribution in [0.15, 0.2) is 5.11 Å². The van der Waals surface area contributed by atoms with E-state index in [-0.39, 0.29) is 18.5 Å². The fraction of sp³-hybridized carbons (Fsp3) is 0.889. The third-order valence-corrected chi connectivity index (χ3v) is 2.58. The van der Waals surface area contributed by atoms with Crippen LogP contribution in [-0.2, 0) is 9.53 Å². The van der Waals surface area contributed by atoms with Gasteiger partial charge in [0.05, 0.1) is 12.6 Å². The van der Waals surface area contributed by atoms with E-state index in [9.17, 15) is 4.79 Å².